The number of hydrogen-bond acceptors (Lipinski definition) is 2. The molecule has 0 heterocycles. The van der Waals surface area contributed by atoms with Gasteiger partial charge in [0.25, 0.3) is 0 Å². The van der Waals surface area contributed by atoms with E-state index in [0.29, 0.717) is 13.0 Å². The molecule has 0 atom stereocenters. The molecule has 2 aromatic carbocycles. The molecule has 0 spiro atoms. The Balaban J connectivity index is 2.00. The molecule has 0 amide bonds. The van der Waals surface area contributed by atoms with E-state index >= 15 is 0 Å². The van der Waals surface area contributed by atoms with E-state index in [-0.39, 0.29) is 17.2 Å². The third-order valence-electron chi connectivity index (χ3n) is 2.76. The topological polar surface area (TPSA) is 38.0 Å². The minimum atomic E-state index is -0.987. The summed E-state index contributed by atoms with van der Waals surface area (Å²) in [5.41, 5.74) is 6.57. The second-order valence-corrected chi connectivity index (χ2v) is 4.13. The monoisotopic (exact) mass is 266 g/mol. The van der Waals surface area contributed by atoms with Crippen LogP contribution in [0, 0.1) is 17.5 Å². The van der Waals surface area contributed by atoms with Crippen LogP contribution in [0.1, 0.15) is 5.56 Å². The average Bonchev–Trinajstić information content (AvgIpc) is 2.40. The van der Waals surface area contributed by atoms with Crippen LogP contribution in [0.15, 0.2) is 36.4 Å². The molecule has 0 saturated heterocycles. The van der Waals surface area contributed by atoms with Gasteiger partial charge >= 0.3 is 0 Å². The van der Waals surface area contributed by atoms with Crippen LogP contribution in [-0.2, 0) is 6.42 Å². The highest BCUT2D eigenvalue weighted by Crippen LogP contribution is 2.24. The molecule has 0 aromatic heterocycles. The summed E-state index contributed by atoms with van der Waals surface area (Å²) >= 11 is 0. The third kappa shape index (κ3) is 3.19. The molecule has 2 aromatic rings. The summed E-state index contributed by atoms with van der Waals surface area (Å²) in [5.74, 6) is -2.24. The Hall–Kier alpha value is -2.17. The molecule has 0 unspecified atom stereocenters. The fraction of sp³-hybridized carbons (Fsp3) is 0.143. The summed E-state index contributed by atoms with van der Waals surface area (Å²) in [7, 11) is 0. The van der Waals surface area contributed by atoms with Crippen molar-refractivity contribution >= 4 is 11.4 Å². The van der Waals surface area contributed by atoms with Crippen molar-refractivity contribution in [1.29, 1.82) is 0 Å². The highest BCUT2D eigenvalue weighted by Gasteiger charge is 2.11. The minimum absolute atomic E-state index is 0.0397. The minimum Gasteiger partial charge on any atom is -0.397 e. The first kappa shape index (κ1) is 13.3. The van der Waals surface area contributed by atoms with Crippen LogP contribution in [0.5, 0.6) is 0 Å². The Labute approximate surface area is 109 Å². The second kappa shape index (κ2) is 5.65. The van der Waals surface area contributed by atoms with Crippen LogP contribution < -0.4 is 11.1 Å². The van der Waals surface area contributed by atoms with Gasteiger partial charge in [0.05, 0.1) is 11.4 Å². The maximum Gasteiger partial charge on any atom is 0.183 e. The van der Waals surface area contributed by atoms with Gasteiger partial charge in [-0.2, -0.15) is 0 Å². The fourth-order valence-corrected chi connectivity index (χ4v) is 1.73. The lowest BCUT2D eigenvalue weighted by molar-refractivity contribution is 0.511. The van der Waals surface area contributed by atoms with E-state index < -0.39 is 11.6 Å². The van der Waals surface area contributed by atoms with E-state index in [1.165, 1.54) is 18.2 Å². The zero-order valence-electron chi connectivity index (χ0n) is 10.1. The van der Waals surface area contributed by atoms with Crippen molar-refractivity contribution in [3.05, 3.63) is 59.4 Å². The number of hydrogen-bond donors (Lipinski definition) is 2. The van der Waals surface area contributed by atoms with Crippen LogP contribution in [0.25, 0.3) is 0 Å². The second-order valence-electron chi connectivity index (χ2n) is 4.13. The summed E-state index contributed by atoms with van der Waals surface area (Å²) < 4.78 is 39.2. The highest BCUT2D eigenvalue weighted by atomic mass is 19.2. The lowest BCUT2D eigenvalue weighted by Gasteiger charge is -2.10. The molecular formula is C14H13F3N2. The summed E-state index contributed by atoms with van der Waals surface area (Å²) in [6.07, 6.45) is 0.551. The first-order chi connectivity index (χ1) is 9.08. The average molecular weight is 266 g/mol. The zero-order chi connectivity index (χ0) is 13.8. The summed E-state index contributed by atoms with van der Waals surface area (Å²) in [5, 5.41) is 2.75. The summed E-state index contributed by atoms with van der Waals surface area (Å²) in [6.45, 7) is 0.371. The summed E-state index contributed by atoms with van der Waals surface area (Å²) in [6, 6.07) is 8.28. The lowest BCUT2D eigenvalue weighted by Crippen LogP contribution is -2.09. The fourth-order valence-electron chi connectivity index (χ4n) is 1.73. The van der Waals surface area contributed by atoms with Crippen molar-refractivity contribution in [1.82, 2.24) is 0 Å². The lowest BCUT2D eigenvalue weighted by atomic mass is 10.1. The largest absolute Gasteiger partial charge is 0.397 e. The van der Waals surface area contributed by atoms with Crippen molar-refractivity contribution in [2.45, 2.75) is 6.42 Å². The summed E-state index contributed by atoms with van der Waals surface area (Å²) in [4.78, 5) is 0. The molecule has 0 aliphatic heterocycles. The van der Waals surface area contributed by atoms with E-state index in [0.717, 1.165) is 11.6 Å². The highest BCUT2D eigenvalue weighted by molar-refractivity contribution is 5.66. The predicted molar refractivity (Wildman–Crippen MR) is 69.4 cm³/mol. The van der Waals surface area contributed by atoms with E-state index in [2.05, 4.69) is 5.32 Å². The molecule has 2 nitrogen and oxygen atoms in total. The van der Waals surface area contributed by atoms with Crippen molar-refractivity contribution in [2.24, 2.45) is 0 Å². The molecule has 19 heavy (non-hydrogen) atoms. The Morgan fingerprint density at radius 1 is 0.947 bits per heavy atom. The van der Waals surface area contributed by atoms with Gasteiger partial charge in [-0.05, 0) is 36.2 Å². The van der Waals surface area contributed by atoms with Gasteiger partial charge in [-0.3, -0.25) is 0 Å². The predicted octanol–water partition coefficient (Wildman–Crippen LogP) is 3.34. The van der Waals surface area contributed by atoms with Gasteiger partial charge in [0, 0.05) is 6.54 Å². The molecule has 3 N–H and O–H groups in total. The molecule has 0 bridgehead atoms. The third-order valence-corrected chi connectivity index (χ3v) is 2.76. The number of nitrogens with one attached hydrogen (secondary N) is 1. The first-order valence-electron chi connectivity index (χ1n) is 5.79. The van der Waals surface area contributed by atoms with E-state index in [9.17, 15) is 13.2 Å². The molecule has 0 fully saturated rings. The van der Waals surface area contributed by atoms with Crippen LogP contribution in [0.3, 0.4) is 0 Å². The first-order valence-corrected chi connectivity index (χ1v) is 5.79. The molecular weight excluding hydrogens is 253 g/mol. The molecule has 0 aliphatic carbocycles. The maximum absolute atomic E-state index is 13.5. The van der Waals surface area contributed by atoms with E-state index in [4.69, 9.17) is 5.73 Å². The maximum atomic E-state index is 13.5. The zero-order valence-corrected chi connectivity index (χ0v) is 10.1. The van der Waals surface area contributed by atoms with E-state index in [1.807, 2.05) is 0 Å². The molecule has 0 aliphatic rings. The Bertz CT molecular complexity index is 568. The Morgan fingerprint density at radius 2 is 1.63 bits per heavy atom. The van der Waals surface area contributed by atoms with Crippen molar-refractivity contribution in [2.75, 3.05) is 17.6 Å². The Kier molecular flexibility index (Phi) is 3.94. The molecule has 2 rings (SSSR count). The number of benzene rings is 2. The van der Waals surface area contributed by atoms with Gasteiger partial charge < -0.3 is 11.1 Å². The number of halogens is 3. The molecule has 100 valence electrons. The van der Waals surface area contributed by atoms with Gasteiger partial charge in [-0.25, -0.2) is 13.2 Å². The van der Waals surface area contributed by atoms with Crippen LogP contribution in [0.2, 0.25) is 0 Å². The van der Waals surface area contributed by atoms with E-state index in [1.54, 1.807) is 12.1 Å². The Morgan fingerprint density at radius 3 is 2.32 bits per heavy atom. The van der Waals surface area contributed by atoms with Gasteiger partial charge in [0.15, 0.2) is 11.6 Å². The van der Waals surface area contributed by atoms with Crippen LogP contribution in [0.4, 0.5) is 24.5 Å². The van der Waals surface area contributed by atoms with Gasteiger partial charge in [0.2, 0.25) is 0 Å². The number of anilines is 2. The van der Waals surface area contributed by atoms with Gasteiger partial charge in [-0.15, -0.1) is 0 Å². The van der Waals surface area contributed by atoms with Crippen LogP contribution in [-0.4, -0.2) is 6.54 Å². The molecule has 0 saturated carbocycles. The quantitative estimate of drug-likeness (QED) is 0.833. The number of rotatable bonds is 4. The van der Waals surface area contributed by atoms with Crippen molar-refractivity contribution in [3.8, 4) is 0 Å². The standard InChI is InChI=1S/C14H13F3N2/c15-10-3-1-9(2-4-10)7-8-19-14-12(18)6-5-11(16)13(14)17/h1-6,19H,7-8,18H2. The van der Waals surface area contributed by atoms with Gasteiger partial charge in [0.1, 0.15) is 5.82 Å². The number of nitrogens with two attached hydrogens (primary N) is 1. The normalized spacial score (nSPS) is 10.5. The van der Waals surface area contributed by atoms with Crippen molar-refractivity contribution < 1.29 is 13.2 Å². The van der Waals surface area contributed by atoms with Crippen LogP contribution >= 0.6 is 0 Å². The molecule has 5 heteroatoms. The smallest absolute Gasteiger partial charge is 0.183 e. The van der Waals surface area contributed by atoms with Gasteiger partial charge in [-0.1, -0.05) is 12.1 Å². The SMILES string of the molecule is Nc1ccc(F)c(F)c1NCCc1ccc(F)cc1. The van der Waals surface area contributed by atoms with Crippen molar-refractivity contribution in [3.63, 3.8) is 0 Å². The molecule has 0 radical (unpaired) electrons. The number of nitrogen functional groups attached to an aromatic ring is 1.